The molecule has 2 unspecified atom stereocenters. The van der Waals surface area contributed by atoms with Gasteiger partial charge in [0, 0.05) is 46.4 Å². The maximum absolute atomic E-state index is 12.5. The van der Waals surface area contributed by atoms with Gasteiger partial charge in [-0.15, -0.1) is 0 Å². The molecule has 7 nitrogen and oxygen atoms in total. The lowest BCUT2D eigenvalue weighted by Gasteiger charge is -2.21. The van der Waals surface area contributed by atoms with Crippen LogP contribution in [0.15, 0.2) is 118 Å². The van der Waals surface area contributed by atoms with E-state index in [9.17, 15) is 13.6 Å². The van der Waals surface area contributed by atoms with Crippen LogP contribution in [0.25, 0.3) is 33.6 Å². The number of amides is 1. The van der Waals surface area contributed by atoms with Crippen LogP contribution in [-0.4, -0.2) is 32.1 Å². The summed E-state index contributed by atoms with van der Waals surface area (Å²) in [5, 5.41) is 8.24. The SMILES string of the molecule is CC(C)(C)c1ccc(C(Cc2ccc(C(=O)NCCS(=O)[O-])cc2)c2cc(-c3cccc(-c4cc5ccccc5o4)c3)on2)cc1. The average Bonchev–Trinajstić information content (AvgIpc) is 3.72. The van der Waals surface area contributed by atoms with Crippen LogP contribution in [0.1, 0.15) is 59.4 Å². The molecule has 2 aromatic heterocycles. The van der Waals surface area contributed by atoms with E-state index >= 15 is 0 Å². The molecular weight excluding hydrogens is 596 g/mol. The van der Waals surface area contributed by atoms with Crippen LogP contribution < -0.4 is 5.32 Å². The number of fused-ring (bicyclic) bond motifs is 1. The molecule has 0 radical (unpaired) electrons. The average molecular weight is 632 g/mol. The predicted molar refractivity (Wildman–Crippen MR) is 180 cm³/mol. The highest BCUT2D eigenvalue weighted by atomic mass is 32.2. The molecule has 6 aromatic rings. The molecule has 2 atom stereocenters. The number of hydrogen-bond acceptors (Lipinski definition) is 6. The van der Waals surface area contributed by atoms with Crippen molar-refractivity contribution in [1.29, 1.82) is 0 Å². The van der Waals surface area contributed by atoms with Gasteiger partial charge >= 0.3 is 0 Å². The smallest absolute Gasteiger partial charge is 0.251 e. The van der Waals surface area contributed by atoms with Crippen molar-refractivity contribution >= 4 is 28.0 Å². The molecule has 1 N–H and O–H groups in total. The lowest BCUT2D eigenvalue weighted by Crippen LogP contribution is -2.27. The van der Waals surface area contributed by atoms with E-state index < -0.39 is 11.1 Å². The largest absolute Gasteiger partial charge is 0.772 e. The summed E-state index contributed by atoms with van der Waals surface area (Å²) in [5.74, 6) is 0.921. The van der Waals surface area contributed by atoms with Gasteiger partial charge < -0.3 is 18.8 Å². The lowest BCUT2D eigenvalue weighted by molar-refractivity contribution is 0.0956. The first-order valence-electron chi connectivity index (χ1n) is 15.2. The van der Waals surface area contributed by atoms with Crippen LogP contribution in [0.2, 0.25) is 0 Å². The highest BCUT2D eigenvalue weighted by Crippen LogP contribution is 2.35. The number of rotatable bonds is 10. The van der Waals surface area contributed by atoms with Gasteiger partial charge in [-0.1, -0.05) is 110 Å². The first kappa shape index (κ1) is 31.2. The molecule has 4 aromatic carbocycles. The quantitative estimate of drug-likeness (QED) is 0.153. The molecule has 0 aliphatic rings. The number of nitrogens with one attached hydrogen (secondary N) is 1. The Morgan fingerprint density at radius 3 is 2.28 bits per heavy atom. The zero-order chi connectivity index (χ0) is 32.3. The zero-order valence-corrected chi connectivity index (χ0v) is 26.8. The summed E-state index contributed by atoms with van der Waals surface area (Å²) in [6.07, 6.45) is 0.636. The zero-order valence-electron chi connectivity index (χ0n) is 26.0. The fourth-order valence-electron chi connectivity index (χ4n) is 5.53. The van der Waals surface area contributed by atoms with Gasteiger partial charge in [0.15, 0.2) is 5.76 Å². The Morgan fingerprint density at radius 1 is 0.870 bits per heavy atom. The first-order valence-corrected chi connectivity index (χ1v) is 16.5. The van der Waals surface area contributed by atoms with Crippen molar-refractivity contribution < 1.29 is 22.5 Å². The van der Waals surface area contributed by atoms with Crippen LogP contribution in [0.4, 0.5) is 0 Å². The summed E-state index contributed by atoms with van der Waals surface area (Å²) in [4.78, 5) is 12.5. The lowest BCUT2D eigenvalue weighted by atomic mass is 9.83. The minimum atomic E-state index is -2.20. The van der Waals surface area contributed by atoms with E-state index in [1.54, 1.807) is 12.1 Å². The number of carbonyl (C=O) groups excluding carboxylic acids is 1. The second-order valence-electron chi connectivity index (χ2n) is 12.4. The van der Waals surface area contributed by atoms with E-state index in [0.717, 1.165) is 44.7 Å². The van der Waals surface area contributed by atoms with E-state index in [4.69, 9.17) is 8.94 Å². The van der Waals surface area contributed by atoms with Gasteiger partial charge in [-0.3, -0.25) is 9.00 Å². The molecule has 46 heavy (non-hydrogen) atoms. The van der Waals surface area contributed by atoms with E-state index in [0.29, 0.717) is 17.7 Å². The molecule has 8 heteroatoms. The van der Waals surface area contributed by atoms with Crippen molar-refractivity contribution in [1.82, 2.24) is 10.5 Å². The number of carbonyl (C=O) groups is 1. The molecule has 0 aliphatic heterocycles. The molecule has 2 heterocycles. The molecule has 0 aliphatic carbocycles. The van der Waals surface area contributed by atoms with Gasteiger partial charge in [0.1, 0.15) is 11.3 Å². The van der Waals surface area contributed by atoms with Gasteiger partial charge in [0.25, 0.3) is 5.91 Å². The second kappa shape index (κ2) is 13.3. The summed E-state index contributed by atoms with van der Waals surface area (Å²) in [5.41, 5.74) is 7.37. The van der Waals surface area contributed by atoms with Gasteiger partial charge in [-0.05, 0) is 58.9 Å². The molecule has 0 spiro atoms. The fourth-order valence-corrected chi connectivity index (χ4v) is 5.79. The van der Waals surface area contributed by atoms with Crippen molar-refractivity contribution in [2.24, 2.45) is 0 Å². The Morgan fingerprint density at radius 2 is 1.59 bits per heavy atom. The van der Waals surface area contributed by atoms with Crippen molar-refractivity contribution in [3.05, 3.63) is 137 Å². The summed E-state index contributed by atoms with van der Waals surface area (Å²) in [7, 11) is 0. The third kappa shape index (κ3) is 7.19. The summed E-state index contributed by atoms with van der Waals surface area (Å²) >= 11 is -2.20. The van der Waals surface area contributed by atoms with Crippen LogP contribution in [0, 0.1) is 0 Å². The summed E-state index contributed by atoms with van der Waals surface area (Å²) in [6.45, 7) is 6.65. The first-order chi connectivity index (χ1) is 22.1. The molecule has 6 rings (SSSR count). The molecule has 234 valence electrons. The van der Waals surface area contributed by atoms with Crippen molar-refractivity contribution in [3.8, 4) is 22.6 Å². The second-order valence-corrected chi connectivity index (χ2v) is 13.5. The fraction of sp³-hybridized carbons (Fsp3) is 0.211. The third-order valence-electron chi connectivity index (χ3n) is 8.13. The summed E-state index contributed by atoms with van der Waals surface area (Å²) in [6, 6.07) is 36.1. The minimum absolute atomic E-state index is 0.0269. The molecule has 0 fully saturated rings. The van der Waals surface area contributed by atoms with E-state index in [1.807, 2.05) is 72.8 Å². The third-order valence-corrected chi connectivity index (χ3v) is 8.67. The topological polar surface area (TPSA) is 108 Å². The Labute approximate surface area is 270 Å². The van der Waals surface area contributed by atoms with E-state index in [2.05, 4.69) is 55.5 Å². The number of aromatic nitrogens is 1. The number of hydrogen-bond donors (Lipinski definition) is 1. The molecular formula is C38H35N2O5S-. The number of furan rings is 1. The van der Waals surface area contributed by atoms with Crippen LogP contribution in [-0.2, 0) is 22.9 Å². The van der Waals surface area contributed by atoms with Crippen molar-refractivity contribution in [2.45, 2.75) is 38.5 Å². The molecule has 0 saturated heterocycles. The van der Waals surface area contributed by atoms with Gasteiger partial charge in [0.2, 0.25) is 0 Å². The van der Waals surface area contributed by atoms with Gasteiger partial charge in [0.05, 0.1) is 5.69 Å². The van der Waals surface area contributed by atoms with Crippen molar-refractivity contribution in [2.75, 3.05) is 12.3 Å². The molecule has 0 saturated carbocycles. The molecule has 1 amide bonds. The Balaban J connectivity index is 1.28. The van der Waals surface area contributed by atoms with Crippen LogP contribution in [0.5, 0.6) is 0 Å². The Kier molecular flexibility index (Phi) is 9.01. The predicted octanol–water partition coefficient (Wildman–Crippen LogP) is 8.04. The minimum Gasteiger partial charge on any atom is -0.772 e. The van der Waals surface area contributed by atoms with Crippen molar-refractivity contribution in [3.63, 3.8) is 0 Å². The maximum atomic E-state index is 12.5. The number of para-hydroxylation sites is 1. The molecule has 0 bridgehead atoms. The normalized spacial score (nSPS) is 13.0. The Bertz CT molecular complexity index is 1950. The Hall–Kier alpha value is -4.79. The van der Waals surface area contributed by atoms with Crippen LogP contribution >= 0.6 is 0 Å². The van der Waals surface area contributed by atoms with Gasteiger partial charge in [-0.25, -0.2) is 0 Å². The van der Waals surface area contributed by atoms with Gasteiger partial charge in [-0.2, -0.15) is 0 Å². The standard InChI is InChI=1S/C38H36N2O5S/c1-38(2,3)31-17-15-26(16-18-31)32(21-25-11-13-27(14-12-25)37(41)39-19-20-46(42)43)33-24-36(45-40-33)29-9-6-8-28(22-29)35-23-30-7-4-5-10-34(30)44-35/h4-18,22-24,32H,19-21H2,1-3H3,(H,39,41)(H,42,43)/p-1. The highest BCUT2D eigenvalue weighted by Gasteiger charge is 2.22. The maximum Gasteiger partial charge on any atom is 0.251 e. The van der Waals surface area contributed by atoms with E-state index in [-0.39, 0.29) is 29.5 Å². The van der Waals surface area contributed by atoms with E-state index in [1.165, 1.54) is 5.56 Å². The monoisotopic (exact) mass is 631 g/mol. The highest BCUT2D eigenvalue weighted by molar-refractivity contribution is 7.79. The van der Waals surface area contributed by atoms with Crippen LogP contribution in [0.3, 0.4) is 0 Å². The summed E-state index contributed by atoms with van der Waals surface area (Å²) < 4.78 is 33.6. The number of nitrogens with zero attached hydrogens (tertiary/aromatic N) is 1. The number of benzene rings is 4.